The number of nitrogens with zero attached hydrogens (tertiary/aromatic N) is 2. The minimum Gasteiger partial charge on any atom is -0.487 e. The van der Waals surface area contributed by atoms with Crippen LogP contribution in [0.4, 0.5) is 5.69 Å². The van der Waals surface area contributed by atoms with Crippen LogP contribution in [0.2, 0.25) is 0 Å². The Balaban J connectivity index is 1.98. The Morgan fingerprint density at radius 2 is 2.11 bits per heavy atom. The number of carbonyl (C=O) groups is 1. The van der Waals surface area contributed by atoms with Crippen molar-refractivity contribution in [1.29, 1.82) is 0 Å². The average Bonchev–Trinajstić information content (AvgIpc) is 2.62. The van der Waals surface area contributed by atoms with Crippen molar-refractivity contribution in [1.82, 2.24) is 15.4 Å². The lowest BCUT2D eigenvalue weighted by Gasteiger charge is -2.05. The number of rotatable bonds is 8. The molecule has 1 aromatic heterocycles. The molecule has 0 fully saturated rings. The second kappa shape index (κ2) is 9.26. The minimum absolute atomic E-state index is 0.0310. The predicted molar refractivity (Wildman–Crippen MR) is 101 cm³/mol. The maximum atomic E-state index is 11.9. The molecular formula is C17H19N5O6. The van der Waals surface area contributed by atoms with Gasteiger partial charge in [0.15, 0.2) is 5.75 Å². The number of nitro groups is 1. The van der Waals surface area contributed by atoms with E-state index in [0.717, 1.165) is 0 Å². The standard InChI is InChI=1S/C17H19N5O6/c1-3-28-14-6-4-11(8-13(14)22(26)27)9-18-21-15(23)7-5-12-10(2)19-17(25)20-16(12)24/h4,6,8-9H,3,5,7H2,1-2H3,(H,21,23)(H2,19,20,24,25)/b18-9+. The first kappa shape index (κ1) is 20.6. The third-order valence-corrected chi connectivity index (χ3v) is 3.74. The summed E-state index contributed by atoms with van der Waals surface area (Å²) in [5.41, 5.74) is 2.04. The molecule has 148 valence electrons. The summed E-state index contributed by atoms with van der Waals surface area (Å²) in [4.78, 5) is 49.8. The molecular weight excluding hydrogens is 370 g/mol. The summed E-state index contributed by atoms with van der Waals surface area (Å²) in [6.45, 7) is 3.58. The minimum atomic E-state index is -0.607. The molecule has 0 spiro atoms. The molecule has 2 aromatic rings. The van der Waals surface area contributed by atoms with Gasteiger partial charge >= 0.3 is 11.4 Å². The molecule has 0 radical (unpaired) electrons. The highest BCUT2D eigenvalue weighted by molar-refractivity contribution is 5.83. The zero-order valence-electron chi connectivity index (χ0n) is 15.3. The number of benzene rings is 1. The topological polar surface area (TPSA) is 160 Å². The Labute approximate surface area is 158 Å². The third-order valence-electron chi connectivity index (χ3n) is 3.74. The van der Waals surface area contributed by atoms with Crippen LogP contribution in [0.5, 0.6) is 5.75 Å². The van der Waals surface area contributed by atoms with Crippen LogP contribution >= 0.6 is 0 Å². The number of amides is 1. The summed E-state index contributed by atoms with van der Waals surface area (Å²) in [5, 5.41) is 14.8. The van der Waals surface area contributed by atoms with E-state index in [2.05, 4.69) is 20.5 Å². The van der Waals surface area contributed by atoms with Crippen molar-refractivity contribution in [2.75, 3.05) is 6.61 Å². The monoisotopic (exact) mass is 389 g/mol. The maximum Gasteiger partial charge on any atom is 0.325 e. The van der Waals surface area contributed by atoms with Crippen molar-refractivity contribution in [2.24, 2.45) is 5.10 Å². The van der Waals surface area contributed by atoms with Gasteiger partial charge < -0.3 is 9.72 Å². The molecule has 11 heteroatoms. The number of carbonyl (C=O) groups excluding carboxylic acids is 1. The highest BCUT2D eigenvalue weighted by atomic mass is 16.6. The van der Waals surface area contributed by atoms with Gasteiger partial charge in [-0.3, -0.25) is 24.7 Å². The van der Waals surface area contributed by atoms with Crippen molar-refractivity contribution in [3.05, 3.63) is 66.0 Å². The summed E-state index contributed by atoms with van der Waals surface area (Å²) in [6.07, 6.45) is 1.35. The number of nitro benzene ring substituents is 1. The lowest BCUT2D eigenvalue weighted by atomic mass is 10.1. The highest BCUT2D eigenvalue weighted by Crippen LogP contribution is 2.27. The van der Waals surface area contributed by atoms with E-state index >= 15 is 0 Å². The number of ether oxygens (including phenoxy) is 1. The van der Waals surface area contributed by atoms with E-state index in [0.29, 0.717) is 23.4 Å². The van der Waals surface area contributed by atoms with Crippen molar-refractivity contribution in [3.8, 4) is 5.75 Å². The number of hydrogen-bond acceptors (Lipinski definition) is 7. The maximum absolute atomic E-state index is 11.9. The molecule has 2 rings (SSSR count). The molecule has 0 saturated heterocycles. The first-order chi connectivity index (χ1) is 13.3. The highest BCUT2D eigenvalue weighted by Gasteiger charge is 2.15. The molecule has 1 aromatic carbocycles. The largest absolute Gasteiger partial charge is 0.487 e. The number of aryl methyl sites for hydroxylation is 1. The molecule has 0 unspecified atom stereocenters. The Kier molecular flexibility index (Phi) is 6.79. The average molecular weight is 389 g/mol. The van der Waals surface area contributed by atoms with E-state index in [4.69, 9.17) is 4.74 Å². The van der Waals surface area contributed by atoms with E-state index in [1.54, 1.807) is 19.9 Å². The van der Waals surface area contributed by atoms with E-state index in [1.165, 1.54) is 18.3 Å². The first-order valence-electron chi connectivity index (χ1n) is 8.37. The van der Waals surface area contributed by atoms with E-state index in [1.807, 2.05) is 0 Å². The van der Waals surface area contributed by atoms with Crippen LogP contribution in [0.15, 0.2) is 32.9 Å². The Morgan fingerprint density at radius 3 is 2.75 bits per heavy atom. The molecule has 28 heavy (non-hydrogen) atoms. The van der Waals surface area contributed by atoms with Gasteiger partial charge in [0.05, 0.1) is 17.7 Å². The summed E-state index contributed by atoms with van der Waals surface area (Å²) in [5.74, 6) is -0.308. The van der Waals surface area contributed by atoms with Crippen molar-refractivity contribution in [2.45, 2.75) is 26.7 Å². The van der Waals surface area contributed by atoms with Crippen LogP contribution in [0.3, 0.4) is 0 Å². The smallest absolute Gasteiger partial charge is 0.325 e. The fourth-order valence-corrected chi connectivity index (χ4v) is 2.44. The summed E-state index contributed by atoms with van der Waals surface area (Å²) in [6, 6.07) is 4.30. The summed E-state index contributed by atoms with van der Waals surface area (Å²) in [7, 11) is 0. The predicted octanol–water partition coefficient (Wildman–Crippen LogP) is 0.761. The van der Waals surface area contributed by atoms with Gasteiger partial charge in [-0.2, -0.15) is 5.10 Å². The number of aromatic amines is 2. The second-order valence-corrected chi connectivity index (χ2v) is 5.72. The quantitative estimate of drug-likeness (QED) is 0.343. The fourth-order valence-electron chi connectivity index (χ4n) is 2.44. The van der Waals surface area contributed by atoms with Gasteiger partial charge in [-0.1, -0.05) is 0 Å². The molecule has 0 atom stereocenters. The van der Waals surface area contributed by atoms with Gasteiger partial charge in [-0.15, -0.1) is 0 Å². The lowest BCUT2D eigenvalue weighted by molar-refractivity contribution is -0.385. The van der Waals surface area contributed by atoms with Gasteiger partial charge in [-0.05, 0) is 32.4 Å². The summed E-state index contributed by atoms with van der Waals surface area (Å²) >= 11 is 0. The Bertz CT molecular complexity index is 1020. The van der Waals surface area contributed by atoms with Crippen LogP contribution < -0.4 is 21.4 Å². The number of H-pyrrole nitrogens is 2. The first-order valence-corrected chi connectivity index (χ1v) is 8.37. The molecule has 3 N–H and O–H groups in total. The Hall–Kier alpha value is -3.76. The van der Waals surface area contributed by atoms with E-state index in [-0.39, 0.29) is 24.3 Å². The Morgan fingerprint density at radius 1 is 1.36 bits per heavy atom. The number of hydrazone groups is 1. The summed E-state index contributed by atoms with van der Waals surface area (Å²) < 4.78 is 5.19. The van der Waals surface area contributed by atoms with Gasteiger partial charge in [0.25, 0.3) is 5.56 Å². The number of nitrogens with one attached hydrogen (secondary N) is 3. The third kappa shape index (κ3) is 5.37. The number of hydrogen-bond donors (Lipinski definition) is 3. The molecule has 0 aliphatic carbocycles. The van der Waals surface area contributed by atoms with Crippen molar-refractivity contribution in [3.63, 3.8) is 0 Å². The lowest BCUT2D eigenvalue weighted by Crippen LogP contribution is -2.28. The van der Waals surface area contributed by atoms with Gasteiger partial charge in [-0.25, -0.2) is 10.2 Å². The van der Waals surface area contributed by atoms with Gasteiger partial charge in [0.1, 0.15) is 0 Å². The van der Waals surface area contributed by atoms with Crippen LogP contribution in [-0.4, -0.2) is 33.6 Å². The second-order valence-electron chi connectivity index (χ2n) is 5.72. The van der Waals surface area contributed by atoms with Crippen LogP contribution in [0, 0.1) is 17.0 Å². The van der Waals surface area contributed by atoms with E-state index < -0.39 is 22.1 Å². The molecule has 0 aliphatic rings. The van der Waals surface area contributed by atoms with Crippen molar-refractivity contribution >= 4 is 17.8 Å². The van der Waals surface area contributed by atoms with Crippen LogP contribution in [0.1, 0.15) is 30.2 Å². The molecule has 1 amide bonds. The zero-order valence-corrected chi connectivity index (χ0v) is 15.3. The van der Waals surface area contributed by atoms with Crippen molar-refractivity contribution < 1.29 is 14.5 Å². The molecule has 11 nitrogen and oxygen atoms in total. The normalized spacial score (nSPS) is 10.8. The fraction of sp³-hybridized carbons (Fsp3) is 0.294. The van der Waals surface area contributed by atoms with Crippen LogP contribution in [0.25, 0.3) is 0 Å². The van der Waals surface area contributed by atoms with Gasteiger partial charge in [0.2, 0.25) is 5.91 Å². The molecule has 1 heterocycles. The van der Waals surface area contributed by atoms with Gasteiger partial charge in [0, 0.05) is 29.3 Å². The van der Waals surface area contributed by atoms with E-state index in [9.17, 15) is 24.5 Å². The molecule has 0 saturated carbocycles. The van der Waals surface area contributed by atoms with Crippen LogP contribution in [-0.2, 0) is 11.2 Å². The molecule has 0 bridgehead atoms. The molecule has 0 aliphatic heterocycles. The zero-order chi connectivity index (χ0) is 20.7. The SMILES string of the molecule is CCOc1ccc(/C=N/NC(=O)CCc2c(C)[nH]c(=O)[nH]c2=O)cc1[N+](=O)[O-]. The number of aromatic nitrogens is 2.